The molecule has 7 heavy (non-hydrogen) atoms. The summed E-state index contributed by atoms with van der Waals surface area (Å²) in [6, 6.07) is 0. The molecule has 0 aliphatic carbocycles. The van der Waals surface area contributed by atoms with Crippen LogP contribution in [-0.2, 0) is 37.5 Å². The van der Waals surface area contributed by atoms with Crippen molar-refractivity contribution in [3.05, 3.63) is 6.92 Å². The van der Waals surface area contributed by atoms with Crippen molar-refractivity contribution in [2.24, 2.45) is 0 Å². The Balaban J connectivity index is 0. The Kier molecular flexibility index (Phi) is 7.03. The Labute approximate surface area is 66.6 Å². The number of carboxylic acid groups (broad SMARTS) is 1. The molecular formula is C3H5O3Y-. The largest absolute Gasteiger partial charge is 0.481 e. The third-order valence-electron chi connectivity index (χ3n) is 0.285. The quantitative estimate of drug-likeness (QED) is 0.520. The van der Waals surface area contributed by atoms with E-state index < -0.39 is 12.1 Å². The summed E-state index contributed by atoms with van der Waals surface area (Å²) in [4.78, 5) is 9.39. The minimum absolute atomic E-state index is 0. The van der Waals surface area contributed by atoms with Gasteiger partial charge in [-0.15, -0.1) is 0 Å². The van der Waals surface area contributed by atoms with Gasteiger partial charge in [-0.2, -0.15) is 0 Å². The van der Waals surface area contributed by atoms with E-state index in [1.165, 1.54) is 0 Å². The van der Waals surface area contributed by atoms with Crippen molar-refractivity contribution < 1.29 is 47.7 Å². The molecule has 1 radical (unpaired) electrons. The van der Waals surface area contributed by atoms with Crippen molar-refractivity contribution in [1.82, 2.24) is 0 Å². The molecule has 0 heterocycles. The summed E-state index contributed by atoms with van der Waals surface area (Å²) < 4.78 is 0. The Morgan fingerprint density at radius 1 is 1.71 bits per heavy atom. The molecule has 4 heteroatoms. The molecule has 0 aliphatic heterocycles. The van der Waals surface area contributed by atoms with Crippen molar-refractivity contribution in [3.8, 4) is 0 Å². The van der Waals surface area contributed by atoms with Gasteiger partial charge in [0.25, 0.3) is 0 Å². The van der Waals surface area contributed by atoms with Gasteiger partial charge in [0.05, 0.1) is 0 Å². The molecular weight excluding hydrogens is 173 g/mol. The predicted octanol–water partition coefficient (Wildman–Crippen LogP) is -0.737. The smallest absolute Gasteiger partial charge is 0.300 e. The molecule has 3 nitrogen and oxygen atoms in total. The van der Waals surface area contributed by atoms with Crippen LogP contribution >= 0.6 is 0 Å². The number of carboxylic acids is 1. The van der Waals surface area contributed by atoms with Gasteiger partial charge >= 0.3 is 5.97 Å². The Bertz CT molecular complexity index is 61.2. The van der Waals surface area contributed by atoms with Gasteiger partial charge in [-0.05, 0) is 0 Å². The summed E-state index contributed by atoms with van der Waals surface area (Å²) >= 11 is 0. The molecule has 0 aromatic heterocycles. The van der Waals surface area contributed by atoms with Crippen LogP contribution in [0.25, 0.3) is 0 Å². The summed E-state index contributed by atoms with van der Waals surface area (Å²) in [5.41, 5.74) is 0. The molecule has 0 spiro atoms. The van der Waals surface area contributed by atoms with E-state index in [1.807, 2.05) is 0 Å². The van der Waals surface area contributed by atoms with E-state index in [2.05, 4.69) is 6.92 Å². The summed E-state index contributed by atoms with van der Waals surface area (Å²) in [5.74, 6) is -1.30. The Morgan fingerprint density at radius 3 is 1.86 bits per heavy atom. The predicted molar refractivity (Wildman–Crippen MR) is 19.0 cm³/mol. The third-order valence-corrected chi connectivity index (χ3v) is 0.285. The van der Waals surface area contributed by atoms with Gasteiger partial charge in [0, 0.05) is 38.8 Å². The Morgan fingerprint density at radius 2 is 1.86 bits per heavy atom. The van der Waals surface area contributed by atoms with Gasteiger partial charge < -0.3 is 17.1 Å². The first-order chi connectivity index (χ1) is 2.64. The fourth-order valence-corrected chi connectivity index (χ4v) is 0. The monoisotopic (exact) mass is 178 g/mol. The van der Waals surface area contributed by atoms with Crippen molar-refractivity contribution in [2.45, 2.75) is 6.10 Å². The minimum Gasteiger partial charge on any atom is -0.481 e. The number of aliphatic hydroxyl groups excluding tert-OH is 1. The topological polar surface area (TPSA) is 57.5 Å². The zero-order valence-corrected chi connectivity index (χ0v) is 6.50. The fourth-order valence-electron chi connectivity index (χ4n) is 0. The molecule has 0 aromatic rings. The summed E-state index contributed by atoms with van der Waals surface area (Å²) in [6.45, 7) is 2.79. The molecule has 39 valence electrons. The molecule has 0 fully saturated rings. The molecule has 0 aromatic carbocycles. The van der Waals surface area contributed by atoms with Crippen LogP contribution in [0.4, 0.5) is 0 Å². The van der Waals surface area contributed by atoms with Gasteiger partial charge in [-0.1, -0.05) is 0 Å². The number of rotatable bonds is 1. The van der Waals surface area contributed by atoms with Crippen molar-refractivity contribution in [2.75, 3.05) is 0 Å². The van der Waals surface area contributed by atoms with Crippen LogP contribution in [0, 0.1) is 6.92 Å². The second kappa shape index (κ2) is 4.69. The van der Waals surface area contributed by atoms with E-state index >= 15 is 0 Å². The minimum atomic E-state index is -1.48. The van der Waals surface area contributed by atoms with Crippen molar-refractivity contribution in [3.63, 3.8) is 0 Å². The second-order valence-corrected chi connectivity index (χ2v) is 0.854. The van der Waals surface area contributed by atoms with Gasteiger partial charge in [0.2, 0.25) is 0 Å². The number of hydrogen-bond donors (Lipinski definition) is 2. The van der Waals surface area contributed by atoms with E-state index in [0.717, 1.165) is 0 Å². The maximum Gasteiger partial charge on any atom is 0.300 e. The molecule has 0 aliphatic rings. The van der Waals surface area contributed by atoms with Crippen LogP contribution in [0.2, 0.25) is 0 Å². The molecule has 0 bridgehead atoms. The molecule has 0 saturated carbocycles. The number of aliphatic hydroxyl groups is 1. The van der Waals surface area contributed by atoms with Gasteiger partial charge in [0.15, 0.2) is 0 Å². The SMILES string of the molecule is [CH2-]C(O)C(=O)O.[Y]. The van der Waals surface area contributed by atoms with Crippen molar-refractivity contribution >= 4 is 5.97 Å². The summed E-state index contributed by atoms with van der Waals surface area (Å²) in [5, 5.41) is 15.6. The van der Waals surface area contributed by atoms with Crippen LogP contribution < -0.4 is 0 Å². The van der Waals surface area contributed by atoms with E-state index in [1.54, 1.807) is 0 Å². The van der Waals surface area contributed by atoms with Crippen LogP contribution in [0.5, 0.6) is 0 Å². The van der Waals surface area contributed by atoms with Crippen LogP contribution in [0.3, 0.4) is 0 Å². The number of hydrogen-bond acceptors (Lipinski definition) is 2. The van der Waals surface area contributed by atoms with Gasteiger partial charge in [-0.3, -0.25) is 4.79 Å². The molecule has 2 N–H and O–H groups in total. The zero-order chi connectivity index (χ0) is 5.15. The first kappa shape index (κ1) is 10.5. The van der Waals surface area contributed by atoms with Crippen LogP contribution in [-0.4, -0.2) is 22.3 Å². The van der Waals surface area contributed by atoms with E-state index in [4.69, 9.17) is 10.2 Å². The maximum atomic E-state index is 9.39. The van der Waals surface area contributed by atoms with Gasteiger partial charge in [-0.25, -0.2) is 0 Å². The summed E-state index contributed by atoms with van der Waals surface area (Å²) in [7, 11) is 0. The van der Waals surface area contributed by atoms with E-state index in [0.29, 0.717) is 0 Å². The molecule has 1 unspecified atom stereocenters. The summed E-state index contributed by atoms with van der Waals surface area (Å²) in [6.07, 6.45) is -1.48. The number of aliphatic carboxylic acids is 1. The normalized spacial score (nSPS) is 11.7. The second-order valence-electron chi connectivity index (χ2n) is 0.854. The fraction of sp³-hybridized carbons (Fsp3) is 0.333. The van der Waals surface area contributed by atoms with Crippen LogP contribution in [0.15, 0.2) is 0 Å². The molecule has 1 atom stereocenters. The van der Waals surface area contributed by atoms with Crippen LogP contribution in [0.1, 0.15) is 0 Å². The van der Waals surface area contributed by atoms with E-state index in [9.17, 15) is 4.79 Å². The molecule has 0 saturated heterocycles. The Hall–Kier alpha value is 0.534. The maximum absolute atomic E-state index is 9.39. The third kappa shape index (κ3) is 6.53. The van der Waals surface area contributed by atoms with Crippen molar-refractivity contribution in [1.29, 1.82) is 0 Å². The first-order valence-corrected chi connectivity index (χ1v) is 1.38. The average molecular weight is 178 g/mol. The zero-order valence-electron chi connectivity index (χ0n) is 3.66. The molecule has 0 rings (SSSR count). The van der Waals surface area contributed by atoms with Gasteiger partial charge in [0.1, 0.15) is 0 Å². The standard InChI is InChI=1S/C3H5O3.Y/c1-2(4)3(5)6;/h2,4H,1H2,(H,5,6);/q-1;. The average Bonchev–Trinajstić information content (AvgIpc) is 1.36. The molecule has 0 amide bonds. The first-order valence-electron chi connectivity index (χ1n) is 1.38. The number of carbonyl (C=O) groups is 1. The van der Waals surface area contributed by atoms with E-state index in [-0.39, 0.29) is 32.7 Å².